The first-order valence-corrected chi connectivity index (χ1v) is 9.67. The third-order valence-corrected chi connectivity index (χ3v) is 5.11. The summed E-state index contributed by atoms with van der Waals surface area (Å²) < 4.78 is 10.7. The molecule has 0 unspecified atom stereocenters. The molecule has 150 valence electrons. The summed E-state index contributed by atoms with van der Waals surface area (Å²) >= 11 is 5.99. The molecule has 2 aromatic rings. The summed E-state index contributed by atoms with van der Waals surface area (Å²) in [6.07, 6.45) is 3.47. The van der Waals surface area contributed by atoms with E-state index >= 15 is 0 Å². The van der Waals surface area contributed by atoms with Crippen LogP contribution in [-0.2, 0) is 4.74 Å². The maximum atomic E-state index is 12.6. The highest BCUT2D eigenvalue weighted by Crippen LogP contribution is 2.39. The van der Waals surface area contributed by atoms with Crippen molar-refractivity contribution in [2.24, 2.45) is 5.92 Å². The smallest absolute Gasteiger partial charge is 0.252 e. The molecule has 1 fully saturated rings. The molecular weight excluding hydrogens is 380 g/mol. The molecule has 28 heavy (non-hydrogen) atoms. The van der Waals surface area contributed by atoms with Crippen molar-refractivity contribution in [1.29, 1.82) is 0 Å². The van der Waals surface area contributed by atoms with Crippen LogP contribution in [0.4, 0.5) is 0 Å². The highest BCUT2D eigenvalue weighted by atomic mass is 35.5. The number of nitrogens with zero attached hydrogens (tertiary/aromatic N) is 1. The van der Waals surface area contributed by atoms with E-state index in [9.17, 15) is 9.90 Å². The SMILES string of the molecule is COCCOc1ncc(C(=O)NC[C@@](C)(O)C2CC2)cc1-c1ccc(Cl)cc1. The van der Waals surface area contributed by atoms with Crippen LogP contribution in [-0.4, -0.2) is 48.5 Å². The van der Waals surface area contributed by atoms with Gasteiger partial charge in [-0.2, -0.15) is 0 Å². The number of methoxy groups -OCH3 is 1. The van der Waals surface area contributed by atoms with Crippen LogP contribution in [0.15, 0.2) is 36.5 Å². The van der Waals surface area contributed by atoms with E-state index in [1.165, 1.54) is 6.20 Å². The van der Waals surface area contributed by atoms with Crippen LogP contribution in [0.25, 0.3) is 11.1 Å². The number of pyridine rings is 1. The van der Waals surface area contributed by atoms with Gasteiger partial charge in [-0.3, -0.25) is 4.79 Å². The van der Waals surface area contributed by atoms with Crippen LogP contribution >= 0.6 is 11.6 Å². The molecule has 1 aromatic carbocycles. The fourth-order valence-corrected chi connectivity index (χ4v) is 3.09. The monoisotopic (exact) mass is 404 g/mol. The summed E-state index contributed by atoms with van der Waals surface area (Å²) in [5.74, 6) is 0.389. The maximum Gasteiger partial charge on any atom is 0.252 e. The summed E-state index contributed by atoms with van der Waals surface area (Å²) in [4.78, 5) is 16.9. The lowest BCUT2D eigenvalue weighted by Crippen LogP contribution is -2.42. The van der Waals surface area contributed by atoms with Crippen LogP contribution in [0.1, 0.15) is 30.1 Å². The average molecular weight is 405 g/mol. The van der Waals surface area contributed by atoms with Gasteiger partial charge in [-0.15, -0.1) is 0 Å². The number of halogens is 1. The van der Waals surface area contributed by atoms with E-state index in [1.807, 2.05) is 12.1 Å². The Morgan fingerprint density at radius 2 is 2.04 bits per heavy atom. The van der Waals surface area contributed by atoms with E-state index in [4.69, 9.17) is 21.1 Å². The Balaban J connectivity index is 1.80. The van der Waals surface area contributed by atoms with Gasteiger partial charge >= 0.3 is 0 Å². The Labute approximate surface area is 169 Å². The zero-order valence-electron chi connectivity index (χ0n) is 16.1. The average Bonchev–Trinajstić information content (AvgIpc) is 3.53. The van der Waals surface area contributed by atoms with Gasteiger partial charge in [0.25, 0.3) is 5.91 Å². The number of aromatic nitrogens is 1. The number of rotatable bonds is 9. The van der Waals surface area contributed by atoms with Crippen LogP contribution in [0, 0.1) is 5.92 Å². The molecule has 6 nitrogen and oxygen atoms in total. The van der Waals surface area contributed by atoms with Crippen molar-refractivity contribution in [3.8, 4) is 17.0 Å². The first kappa shape index (κ1) is 20.6. The van der Waals surface area contributed by atoms with Crippen molar-refractivity contribution in [2.75, 3.05) is 26.9 Å². The standard InChI is InChI=1S/C21H25ClN2O4/c1-21(26,16-5-6-16)13-24-19(25)15-11-18(14-3-7-17(22)8-4-14)20(23-12-15)28-10-9-27-2/h3-4,7-8,11-12,16,26H,5-6,9-10,13H2,1-2H3,(H,24,25)/t21-/m1/s1. The summed E-state index contributed by atoms with van der Waals surface area (Å²) in [6, 6.07) is 8.98. The molecule has 0 aliphatic heterocycles. The van der Waals surface area contributed by atoms with E-state index < -0.39 is 5.60 Å². The lowest BCUT2D eigenvalue weighted by atomic mass is 10.0. The van der Waals surface area contributed by atoms with Crippen LogP contribution in [0.3, 0.4) is 0 Å². The molecule has 1 saturated carbocycles. The van der Waals surface area contributed by atoms with Gasteiger partial charge in [0.2, 0.25) is 5.88 Å². The van der Waals surface area contributed by atoms with Gasteiger partial charge in [-0.25, -0.2) is 4.98 Å². The number of nitrogens with one attached hydrogen (secondary N) is 1. The molecule has 0 radical (unpaired) electrons. The quantitative estimate of drug-likeness (QED) is 0.626. The topological polar surface area (TPSA) is 80.7 Å². The number of amides is 1. The van der Waals surface area contributed by atoms with Crippen molar-refractivity contribution in [2.45, 2.75) is 25.4 Å². The number of ether oxygens (including phenoxy) is 2. The molecule has 0 bridgehead atoms. The molecular formula is C21H25ClN2O4. The molecule has 1 amide bonds. The first-order valence-electron chi connectivity index (χ1n) is 9.29. The van der Waals surface area contributed by atoms with Crippen molar-refractivity contribution in [1.82, 2.24) is 10.3 Å². The van der Waals surface area contributed by atoms with Crippen LogP contribution in [0.2, 0.25) is 5.02 Å². The number of hydrogen-bond donors (Lipinski definition) is 2. The third-order valence-electron chi connectivity index (χ3n) is 4.86. The molecule has 3 rings (SSSR count). The van der Waals surface area contributed by atoms with E-state index in [2.05, 4.69) is 10.3 Å². The molecule has 1 aromatic heterocycles. The zero-order valence-corrected chi connectivity index (χ0v) is 16.8. The highest BCUT2D eigenvalue weighted by Gasteiger charge is 2.40. The van der Waals surface area contributed by atoms with Crippen molar-refractivity contribution < 1.29 is 19.4 Å². The number of carbonyl (C=O) groups excluding carboxylic acids is 1. The Morgan fingerprint density at radius 1 is 1.32 bits per heavy atom. The van der Waals surface area contributed by atoms with Crippen molar-refractivity contribution in [3.05, 3.63) is 47.1 Å². The minimum Gasteiger partial charge on any atom is -0.475 e. The number of hydrogen-bond acceptors (Lipinski definition) is 5. The number of benzene rings is 1. The third kappa shape index (κ3) is 5.22. The van der Waals surface area contributed by atoms with E-state index in [0.717, 1.165) is 18.4 Å². The molecule has 1 heterocycles. The Hall–Kier alpha value is -2.15. The van der Waals surface area contributed by atoms with Crippen LogP contribution in [0.5, 0.6) is 5.88 Å². The van der Waals surface area contributed by atoms with Gasteiger partial charge in [-0.05, 0) is 49.4 Å². The number of carbonyl (C=O) groups is 1. The minimum atomic E-state index is -0.884. The normalized spacial score (nSPS) is 15.7. The van der Waals surface area contributed by atoms with Gasteiger partial charge < -0.3 is 19.9 Å². The summed E-state index contributed by atoms with van der Waals surface area (Å²) in [6.45, 7) is 2.74. The molecule has 0 saturated heterocycles. The van der Waals surface area contributed by atoms with Crippen molar-refractivity contribution in [3.63, 3.8) is 0 Å². The Bertz CT molecular complexity index is 820. The molecule has 2 N–H and O–H groups in total. The molecule has 1 atom stereocenters. The second-order valence-corrected chi connectivity index (χ2v) is 7.68. The predicted molar refractivity (Wildman–Crippen MR) is 108 cm³/mol. The van der Waals surface area contributed by atoms with Gasteiger partial charge in [0, 0.05) is 30.4 Å². The van der Waals surface area contributed by atoms with Crippen LogP contribution < -0.4 is 10.1 Å². The number of aliphatic hydroxyl groups is 1. The van der Waals surface area contributed by atoms with Gasteiger partial charge in [-0.1, -0.05) is 23.7 Å². The Kier molecular flexibility index (Phi) is 6.54. The largest absolute Gasteiger partial charge is 0.475 e. The highest BCUT2D eigenvalue weighted by molar-refractivity contribution is 6.30. The maximum absolute atomic E-state index is 12.6. The molecule has 1 aliphatic carbocycles. The molecule has 0 spiro atoms. The first-order chi connectivity index (χ1) is 13.4. The van der Waals surface area contributed by atoms with Gasteiger partial charge in [0.1, 0.15) is 6.61 Å². The van der Waals surface area contributed by atoms with E-state index in [0.29, 0.717) is 35.2 Å². The molecule has 1 aliphatic rings. The lowest BCUT2D eigenvalue weighted by Gasteiger charge is -2.23. The molecule has 7 heteroatoms. The summed E-state index contributed by atoms with van der Waals surface area (Å²) in [7, 11) is 1.60. The lowest BCUT2D eigenvalue weighted by molar-refractivity contribution is 0.0354. The second kappa shape index (κ2) is 8.90. The van der Waals surface area contributed by atoms with E-state index in [1.54, 1.807) is 32.2 Å². The van der Waals surface area contributed by atoms with Gasteiger partial charge in [0.05, 0.1) is 17.8 Å². The zero-order chi connectivity index (χ0) is 20.1. The Morgan fingerprint density at radius 3 is 2.68 bits per heavy atom. The minimum absolute atomic E-state index is 0.207. The fraction of sp³-hybridized carbons (Fsp3) is 0.429. The fourth-order valence-electron chi connectivity index (χ4n) is 2.96. The van der Waals surface area contributed by atoms with E-state index in [-0.39, 0.29) is 18.4 Å². The summed E-state index contributed by atoms with van der Waals surface area (Å²) in [5.41, 5.74) is 1.04. The predicted octanol–water partition coefficient (Wildman–Crippen LogP) is 3.32. The summed E-state index contributed by atoms with van der Waals surface area (Å²) in [5, 5.41) is 13.8. The van der Waals surface area contributed by atoms with Gasteiger partial charge in [0.15, 0.2) is 0 Å². The van der Waals surface area contributed by atoms with Crippen molar-refractivity contribution >= 4 is 17.5 Å². The second-order valence-electron chi connectivity index (χ2n) is 7.24.